The molecular formula is C20H23N3O. The second kappa shape index (κ2) is 6.56. The number of hydrogen-bond donors (Lipinski definition) is 2. The van der Waals surface area contributed by atoms with Gasteiger partial charge < -0.3 is 15.5 Å². The fourth-order valence-corrected chi connectivity index (χ4v) is 3.58. The molecule has 4 heteroatoms. The van der Waals surface area contributed by atoms with Crippen molar-refractivity contribution in [3.63, 3.8) is 0 Å². The molecule has 0 radical (unpaired) electrons. The highest BCUT2D eigenvalue weighted by molar-refractivity contribution is 6.01. The van der Waals surface area contributed by atoms with Crippen molar-refractivity contribution in [2.75, 3.05) is 23.3 Å². The van der Waals surface area contributed by atoms with Gasteiger partial charge in [-0.15, -0.1) is 0 Å². The third kappa shape index (κ3) is 2.96. The van der Waals surface area contributed by atoms with Gasteiger partial charge in [0.25, 0.3) is 5.91 Å². The molecule has 4 nitrogen and oxygen atoms in total. The molecule has 124 valence electrons. The number of benzene rings is 2. The Hall–Kier alpha value is -2.49. The molecule has 0 aliphatic carbocycles. The fraction of sp³-hybridized carbons (Fsp3) is 0.350. The van der Waals surface area contributed by atoms with E-state index in [1.807, 2.05) is 24.3 Å². The van der Waals surface area contributed by atoms with Gasteiger partial charge in [0.2, 0.25) is 0 Å². The maximum Gasteiger partial charge on any atom is 0.255 e. The molecule has 1 atom stereocenters. The van der Waals surface area contributed by atoms with Crippen LogP contribution in [0.25, 0.3) is 0 Å². The summed E-state index contributed by atoms with van der Waals surface area (Å²) >= 11 is 0. The van der Waals surface area contributed by atoms with E-state index in [1.54, 1.807) is 0 Å². The molecule has 2 aromatic rings. The van der Waals surface area contributed by atoms with E-state index in [-0.39, 0.29) is 12.1 Å². The molecule has 0 unspecified atom stereocenters. The minimum Gasteiger partial charge on any atom is -0.372 e. The van der Waals surface area contributed by atoms with Crippen molar-refractivity contribution >= 4 is 17.3 Å². The van der Waals surface area contributed by atoms with E-state index in [0.717, 1.165) is 24.3 Å². The zero-order valence-corrected chi connectivity index (χ0v) is 13.8. The second-order valence-corrected chi connectivity index (χ2v) is 6.59. The fourth-order valence-electron chi connectivity index (χ4n) is 3.58. The average Bonchev–Trinajstić information content (AvgIpc) is 2.91. The maximum absolute atomic E-state index is 12.3. The normalized spacial score (nSPS) is 20.6. The number of carbonyl (C=O) groups excluding carboxylic acids is 1. The highest BCUT2D eigenvalue weighted by Crippen LogP contribution is 2.28. The number of nitrogens with one attached hydrogen (secondary N) is 2. The van der Waals surface area contributed by atoms with Gasteiger partial charge >= 0.3 is 0 Å². The zero-order valence-electron chi connectivity index (χ0n) is 13.8. The van der Waals surface area contributed by atoms with Crippen LogP contribution in [0.3, 0.4) is 0 Å². The smallest absolute Gasteiger partial charge is 0.255 e. The first-order chi connectivity index (χ1) is 11.8. The number of carbonyl (C=O) groups is 1. The Labute approximate surface area is 142 Å². The van der Waals surface area contributed by atoms with Gasteiger partial charge in [0.05, 0.1) is 5.56 Å². The number of para-hydroxylation sites is 1. The van der Waals surface area contributed by atoms with Gasteiger partial charge in [0, 0.05) is 24.5 Å². The SMILES string of the molecule is O=C1N[C@@H](c2ccc(N3CCCCCC3)cc2)Nc2ccccc21. The lowest BCUT2D eigenvalue weighted by molar-refractivity contribution is 0.0935. The van der Waals surface area contributed by atoms with Crippen molar-refractivity contribution in [2.45, 2.75) is 31.8 Å². The van der Waals surface area contributed by atoms with Crippen molar-refractivity contribution in [1.29, 1.82) is 0 Å². The van der Waals surface area contributed by atoms with Gasteiger partial charge in [-0.05, 0) is 42.7 Å². The summed E-state index contributed by atoms with van der Waals surface area (Å²) in [5.74, 6) is -0.0223. The molecule has 24 heavy (non-hydrogen) atoms. The van der Waals surface area contributed by atoms with Crippen molar-refractivity contribution in [2.24, 2.45) is 0 Å². The summed E-state index contributed by atoms with van der Waals surface area (Å²) in [6, 6.07) is 16.2. The van der Waals surface area contributed by atoms with E-state index in [1.165, 1.54) is 31.4 Å². The summed E-state index contributed by atoms with van der Waals surface area (Å²) in [7, 11) is 0. The van der Waals surface area contributed by atoms with Crippen molar-refractivity contribution < 1.29 is 4.79 Å². The average molecular weight is 321 g/mol. The minimum absolute atomic E-state index is 0.0223. The summed E-state index contributed by atoms with van der Waals surface area (Å²) in [6.07, 6.45) is 5.06. The first-order valence-corrected chi connectivity index (χ1v) is 8.82. The summed E-state index contributed by atoms with van der Waals surface area (Å²) in [5, 5.41) is 6.44. The summed E-state index contributed by atoms with van der Waals surface area (Å²) in [6.45, 7) is 2.29. The molecule has 1 amide bonds. The molecule has 0 saturated carbocycles. The van der Waals surface area contributed by atoms with E-state index in [2.05, 4.69) is 39.8 Å². The highest BCUT2D eigenvalue weighted by Gasteiger charge is 2.24. The van der Waals surface area contributed by atoms with Gasteiger partial charge in [-0.1, -0.05) is 37.1 Å². The van der Waals surface area contributed by atoms with Crippen molar-refractivity contribution in [3.8, 4) is 0 Å². The third-order valence-electron chi connectivity index (χ3n) is 4.94. The number of nitrogens with zero attached hydrogens (tertiary/aromatic N) is 1. The minimum atomic E-state index is -0.175. The lowest BCUT2D eigenvalue weighted by atomic mass is 10.1. The molecule has 2 aliphatic heterocycles. The summed E-state index contributed by atoms with van der Waals surface area (Å²) < 4.78 is 0. The van der Waals surface area contributed by atoms with Crippen molar-refractivity contribution in [3.05, 3.63) is 59.7 Å². The molecule has 0 spiro atoms. The standard InChI is InChI=1S/C20H23N3O/c24-20-17-7-3-4-8-18(17)21-19(22-20)15-9-11-16(12-10-15)23-13-5-1-2-6-14-23/h3-4,7-12,19,21H,1-2,5-6,13-14H2,(H,22,24)/t19-/m0/s1. The van der Waals surface area contributed by atoms with E-state index in [4.69, 9.17) is 0 Å². The highest BCUT2D eigenvalue weighted by atomic mass is 16.2. The molecule has 2 aliphatic rings. The van der Waals surface area contributed by atoms with Crippen LogP contribution in [0.1, 0.15) is 47.8 Å². The van der Waals surface area contributed by atoms with Gasteiger partial charge in [0.1, 0.15) is 6.17 Å². The predicted octanol–water partition coefficient (Wildman–Crippen LogP) is 3.92. The number of rotatable bonds is 2. The van der Waals surface area contributed by atoms with Gasteiger partial charge in [-0.2, -0.15) is 0 Å². The van der Waals surface area contributed by atoms with Crippen LogP contribution in [0.2, 0.25) is 0 Å². The second-order valence-electron chi connectivity index (χ2n) is 6.59. The Bertz CT molecular complexity index is 718. The van der Waals surface area contributed by atoms with Crippen LogP contribution < -0.4 is 15.5 Å². The number of anilines is 2. The first-order valence-electron chi connectivity index (χ1n) is 8.82. The van der Waals surface area contributed by atoms with E-state index in [0.29, 0.717) is 5.56 Å². The lowest BCUT2D eigenvalue weighted by Gasteiger charge is -2.29. The monoisotopic (exact) mass is 321 g/mol. The van der Waals surface area contributed by atoms with Crippen LogP contribution in [0.5, 0.6) is 0 Å². The molecule has 1 fully saturated rings. The quantitative estimate of drug-likeness (QED) is 0.881. The summed E-state index contributed by atoms with van der Waals surface area (Å²) in [5.41, 5.74) is 3.96. The Morgan fingerprint density at radius 3 is 2.29 bits per heavy atom. The lowest BCUT2D eigenvalue weighted by Crippen LogP contribution is -2.38. The van der Waals surface area contributed by atoms with Crippen LogP contribution in [-0.2, 0) is 0 Å². The van der Waals surface area contributed by atoms with E-state index in [9.17, 15) is 4.79 Å². The summed E-state index contributed by atoms with van der Waals surface area (Å²) in [4.78, 5) is 14.7. The molecule has 1 saturated heterocycles. The van der Waals surface area contributed by atoms with Crippen LogP contribution in [0.15, 0.2) is 48.5 Å². The zero-order chi connectivity index (χ0) is 16.4. The number of fused-ring (bicyclic) bond motifs is 1. The van der Waals surface area contributed by atoms with Crippen LogP contribution in [0, 0.1) is 0 Å². The number of amides is 1. The largest absolute Gasteiger partial charge is 0.372 e. The van der Waals surface area contributed by atoms with Crippen LogP contribution in [-0.4, -0.2) is 19.0 Å². The van der Waals surface area contributed by atoms with Crippen molar-refractivity contribution in [1.82, 2.24) is 5.32 Å². The molecule has 2 heterocycles. The predicted molar refractivity (Wildman–Crippen MR) is 97.4 cm³/mol. The Morgan fingerprint density at radius 2 is 1.54 bits per heavy atom. The Kier molecular flexibility index (Phi) is 4.11. The topological polar surface area (TPSA) is 44.4 Å². The molecule has 4 rings (SSSR count). The Balaban J connectivity index is 1.52. The van der Waals surface area contributed by atoms with Gasteiger partial charge in [-0.3, -0.25) is 4.79 Å². The van der Waals surface area contributed by atoms with Gasteiger partial charge in [0.15, 0.2) is 0 Å². The molecular weight excluding hydrogens is 298 g/mol. The van der Waals surface area contributed by atoms with E-state index >= 15 is 0 Å². The maximum atomic E-state index is 12.3. The first kappa shape index (κ1) is 15.1. The molecule has 2 aromatic carbocycles. The Morgan fingerprint density at radius 1 is 0.833 bits per heavy atom. The number of hydrogen-bond acceptors (Lipinski definition) is 3. The van der Waals surface area contributed by atoms with Crippen LogP contribution >= 0.6 is 0 Å². The van der Waals surface area contributed by atoms with Crippen LogP contribution in [0.4, 0.5) is 11.4 Å². The molecule has 2 N–H and O–H groups in total. The van der Waals surface area contributed by atoms with E-state index < -0.39 is 0 Å². The van der Waals surface area contributed by atoms with Gasteiger partial charge in [-0.25, -0.2) is 0 Å². The molecule has 0 aromatic heterocycles. The molecule has 0 bridgehead atoms. The third-order valence-corrected chi connectivity index (χ3v) is 4.94.